The maximum Gasteiger partial charge on any atom is 0.226 e. The number of benzene rings is 2. The molecule has 5 nitrogen and oxygen atoms in total. The molecular weight excluding hydrogens is 314 g/mol. The van der Waals surface area contributed by atoms with Crippen LogP contribution in [0.4, 0.5) is 5.69 Å². The lowest BCUT2D eigenvalue weighted by molar-refractivity contribution is -0.116. The zero-order valence-corrected chi connectivity index (χ0v) is 14.5. The minimum absolute atomic E-state index is 0.0615. The van der Waals surface area contributed by atoms with Gasteiger partial charge in [-0.3, -0.25) is 14.3 Å². The molecule has 0 saturated heterocycles. The summed E-state index contributed by atoms with van der Waals surface area (Å²) in [6.07, 6.45) is 2.46. The molecule has 0 aliphatic heterocycles. The summed E-state index contributed by atoms with van der Waals surface area (Å²) in [5.74, 6) is -0.0615. The molecule has 1 heterocycles. The van der Waals surface area contributed by atoms with Gasteiger partial charge in [-0.2, -0.15) is 5.10 Å². The number of nitrogens with zero attached hydrogens (tertiary/aromatic N) is 2. The van der Waals surface area contributed by atoms with Crippen molar-refractivity contribution < 1.29 is 4.79 Å². The second-order valence-electron chi connectivity index (χ2n) is 6.01. The van der Waals surface area contributed by atoms with Crippen LogP contribution in [0.2, 0.25) is 0 Å². The number of fused-ring (bicyclic) bond motifs is 1. The van der Waals surface area contributed by atoms with Crippen LogP contribution in [0.1, 0.15) is 24.5 Å². The molecule has 0 saturated carbocycles. The number of anilines is 1. The first-order valence-electron chi connectivity index (χ1n) is 8.43. The minimum atomic E-state index is -0.108. The van der Waals surface area contributed by atoms with Gasteiger partial charge < -0.3 is 5.32 Å². The molecule has 5 heteroatoms. The second-order valence-corrected chi connectivity index (χ2v) is 6.01. The second kappa shape index (κ2) is 7.30. The molecule has 3 rings (SSSR count). The van der Waals surface area contributed by atoms with Gasteiger partial charge in [-0.05, 0) is 36.6 Å². The van der Waals surface area contributed by atoms with Crippen molar-refractivity contribution in [3.8, 4) is 0 Å². The van der Waals surface area contributed by atoms with Crippen molar-refractivity contribution in [1.29, 1.82) is 0 Å². The Bertz CT molecular complexity index is 976. The summed E-state index contributed by atoms with van der Waals surface area (Å²) in [6, 6.07) is 13.3. The van der Waals surface area contributed by atoms with E-state index in [1.54, 1.807) is 10.7 Å². The van der Waals surface area contributed by atoms with Crippen molar-refractivity contribution in [2.75, 3.05) is 5.32 Å². The minimum Gasteiger partial charge on any atom is -0.326 e. The largest absolute Gasteiger partial charge is 0.326 e. The van der Waals surface area contributed by atoms with Crippen LogP contribution in [0.15, 0.2) is 53.5 Å². The molecule has 0 aliphatic carbocycles. The summed E-state index contributed by atoms with van der Waals surface area (Å²) in [7, 11) is 0. The highest BCUT2D eigenvalue weighted by molar-refractivity contribution is 5.92. The molecule has 1 N–H and O–H groups in total. The lowest BCUT2D eigenvalue weighted by Crippen LogP contribution is -2.19. The molecule has 0 unspecified atom stereocenters. The molecule has 0 aliphatic rings. The first-order chi connectivity index (χ1) is 12.1. The molecule has 25 heavy (non-hydrogen) atoms. The van der Waals surface area contributed by atoms with Gasteiger partial charge in [0.25, 0.3) is 0 Å². The molecule has 1 aromatic heterocycles. The van der Waals surface area contributed by atoms with Crippen LogP contribution in [0.25, 0.3) is 10.9 Å². The van der Waals surface area contributed by atoms with Gasteiger partial charge in [0, 0.05) is 17.5 Å². The quantitative estimate of drug-likeness (QED) is 0.778. The van der Waals surface area contributed by atoms with Crippen LogP contribution in [0.5, 0.6) is 0 Å². The fraction of sp³-hybridized carbons (Fsp3) is 0.250. The van der Waals surface area contributed by atoms with Crippen LogP contribution in [-0.2, 0) is 17.8 Å². The Balaban J connectivity index is 1.76. The fourth-order valence-electron chi connectivity index (χ4n) is 2.95. The van der Waals surface area contributed by atoms with Crippen molar-refractivity contribution in [1.82, 2.24) is 9.78 Å². The molecule has 0 atom stereocenters. The van der Waals surface area contributed by atoms with E-state index in [0.717, 1.165) is 28.8 Å². The summed E-state index contributed by atoms with van der Waals surface area (Å²) >= 11 is 0. The van der Waals surface area contributed by atoms with Crippen molar-refractivity contribution in [2.24, 2.45) is 0 Å². The van der Waals surface area contributed by atoms with Crippen molar-refractivity contribution in [3.05, 3.63) is 70.0 Å². The fourth-order valence-corrected chi connectivity index (χ4v) is 2.95. The SMILES string of the molecule is CCc1cccc(C)c1NC(=O)CCn1ncc(=O)c2ccccc21. The van der Waals surface area contributed by atoms with Crippen molar-refractivity contribution in [3.63, 3.8) is 0 Å². The molecule has 0 bridgehead atoms. The Morgan fingerprint density at radius 2 is 1.96 bits per heavy atom. The maximum absolute atomic E-state index is 12.4. The highest BCUT2D eigenvalue weighted by Gasteiger charge is 2.10. The molecule has 0 radical (unpaired) electrons. The molecular formula is C20H21N3O2. The monoisotopic (exact) mass is 335 g/mol. The average Bonchev–Trinajstić information content (AvgIpc) is 2.63. The number of amides is 1. The lowest BCUT2D eigenvalue weighted by Gasteiger charge is -2.13. The Labute approximate surface area is 146 Å². The predicted octanol–water partition coefficient (Wildman–Crippen LogP) is 3.30. The van der Waals surface area contributed by atoms with Gasteiger partial charge in [0.2, 0.25) is 11.3 Å². The topological polar surface area (TPSA) is 64.0 Å². The highest BCUT2D eigenvalue weighted by atomic mass is 16.1. The number of aromatic nitrogens is 2. The number of para-hydroxylation sites is 2. The third-order valence-corrected chi connectivity index (χ3v) is 4.32. The highest BCUT2D eigenvalue weighted by Crippen LogP contribution is 2.21. The summed E-state index contributed by atoms with van der Waals surface area (Å²) in [4.78, 5) is 24.3. The van der Waals surface area contributed by atoms with Crippen LogP contribution in [-0.4, -0.2) is 15.7 Å². The molecule has 0 spiro atoms. The van der Waals surface area contributed by atoms with Gasteiger partial charge in [0.1, 0.15) is 0 Å². The molecule has 2 aromatic carbocycles. The zero-order valence-electron chi connectivity index (χ0n) is 14.5. The van der Waals surface area contributed by atoms with Crippen molar-refractivity contribution in [2.45, 2.75) is 33.2 Å². The van der Waals surface area contributed by atoms with Crippen LogP contribution < -0.4 is 10.7 Å². The standard InChI is InChI=1S/C20H21N3O2/c1-3-15-8-6-7-14(2)20(15)22-19(25)11-12-23-17-10-5-4-9-16(17)18(24)13-21-23/h4-10,13H,3,11-12H2,1-2H3,(H,22,25). The van der Waals surface area contributed by atoms with Crippen LogP contribution >= 0.6 is 0 Å². The summed E-state index contributed by atoms with van der Waals surface area (Å²) in [5.41, 5.74) is 3.71. The van der Waals surface area contributed by atoms with Gasteiger partial charge in [-0.25, -0.2) is 0 Å². The van der Waals surface area contributed by atoms with E-state index >= 15 is 0 Å². The Kier molecular flexibility index (Phi) is 4.93. The van der Waals surface area contributed by atoms with Gasteiger partial charge in [-0.1, -0.05) is 37.3 Å². The smallest absolute Gasteiger partial charge is 0.226 e. The number of nitrogens with one attached hydrogen (secondary N) is 1. The molecule has 128 valence electrons. The summed E-state index contributed by atoms with van der Waals surface area (Å²) in [5, 5.41) is 7.79. The Morgan fingerprint density at radius 1 is 1.16 bits per heavy atom. The van der Waals surface area contributed by atoms with Gasteiger partial charge in [0.15, 0.2) is 0 Å². The first kappa shape index (κ1) is 16.9. The number of carbonyl (C=O) groups is 1. The third kappa shape index (κ3) is 3.60. The van der Waals surface area contributed by atoms with Gasteiger partial charge >= 0.3 is 0 Å². The lowest BCUT2D eigenvalue weighted by atomic mass is 10.1. The van der Waals surface area contributed by atoms with Crippen molar-refractivity contribution >= 4 is 22.5 Å². The molecule has 1 amide bonds. The number of hydrogen-bond acceptors (Lipinski definition) is 3. The van der Waals surface area contributed by atoms with Crippen LogP contribution in [0.3, 0.4) is 0 Å². The van der Waals surface area contributed by atoms with Gasteiger partial charge in [-0.15, -0.1) is 0 Å². The summed E-state index contributed by atoms with van der Waals surface area (Å²) in [6.45, 7) is 4.48. The first-order valence-corrected chi connectivity index (χ1v) is 8.43. The summed E-state index contributed by atoms with van der Waals surface area (Å²) < 4.78 is 1.70. The van der Waals surface area contributed by atoms with E-state index < -0.39 is 0 Å². The van der Waals surface area contributed by atoms with Gasteiger partial charge in [0.05, 0.1) is 18.3 Å². The number of carbonyl (C=O) groups excluding carboxylic acids is 1. The Morgan fingerprint density at radius 3 is 2.76 bits per heavy atom. The number of aryl methyl sites for hydroxylation is 3. The Hall–Kier alpha value is -2.95. The molecule has 3 aromatic rings. The zero-order chi connectivity index (χ0) is 17.8. The third-order valence-electron chi connectivity index (χ3n) is 4.32. The van der Waals surface area contributed by atoms with E-state index in [-0.39, 0.29) is 17.8 Å². The molecule has 0 fully saturated rings. The maximum atomic E-state index is 12.4. The van der Waals surface area contributed by atoms with E-state index in [4.69, 9.17) is 0 Å². The number of rotatable bonds is 5. The van der Waals surface area contributed by atoms with E-state index in [9.17, 15) is 9.59 Å². The van der Waals surface area contributed by atoms with E-state index in [0.29, 0.717) is 11.9 Å². The number of hydrogen-bond donors (Lipinski definition) is 1. The van der Waals surface area contributed by atoms with Crippen LogP contribution in [0, 0.1) is 6.92 Å². The van der Waals surface area contributed by atoms with E-state index in [1.165, 1.54) is 6.20 Å². The average molecular weight is 335 g/mol. The van der Waals surface area contributed by atoms with E-state index in [1.807, 2.05) is 43.3 Å². The van der Waals surface area contributed by atoms with E-state index in [2.05, 4.69) is 17.3 Å². The normalized spacial score (nSPS) is 10.8. The predicted molar refractivity (Wildman–Crippen MR) is 99.8 cm³/mol.